The molecule has 2 N–H and O–H groups in total. The number of hydrogen-bond acceptors (Lipinski definition) is 4. The van der Waals surface area contributed by atoms with E-state index in [2.05, 4.69) is 4.98 Å². The van der Waals surface area contributed by atoms with Gasteiger partial charge < -0.3 is 15.2 Å². The van der Waals surface area contributed by atoms with Gasteiger partial charge in [-0.2, -0.15) is 0 Å². The molecular weight excluding hydrogens is 216 g/mol. The zero-order valence-electron chi connectivity index (χ0n) is 9.81. The minimum atomic E-state index is 0.531. The van der Waals surface area contributed by atoms with Crippen LogP contribution in [0, 0.1) is 6.92 Å². The van der Waals surface area contributed by atoms with Crippen LogP contribution >= 0.6 is 0 Å². The first-order valence-corrected chi connectivity index (χ1v) is 5.23. The zero-order valence-corrected chi connectivity index (χ0v) is 9.81. The molecular formula is C13H14N2O2. The summed E-state index contributed by atoms with van der Waals surface area (Å²) >= 11 is 0. The van der Waals surface area contributed by atoms with Crippen molar-refractivity contribution >= 4 is 5.69 Å². The quantitative estimate of drug-likeness (QED) is 0.880. The summed E-state index contributed by atoms with van der Waals surface area (Å²) in [6.07, 6.45) is 1.57. The molecule has 0 saturated heterocycles. The van der Waals surface area contributed by atoms with Crippen molar-refractivity contribution in [3.8, 4) is 17.4 Å². The summed E-state index contributed by atoms with van der Waals surface area (Å²) in [7, 11) is 1.60. The molecule has 1 heterocycles. The second-order valence-corrected chi connectivity index (χ2v) is 3.64. The van der Waals surface area contributed by atoms with E-state index >= 15 is 0 Å². The Morgan fingerprint density at radius 3 is 2.53 bits per heavy atom. The maximum atomic E-state index is 5.69. The van der Waals surface area contributed by atoms with Gasteiger partial charge in [-0.1, -0.05) is 12.1 Å². The van der Waals surface area contributed by atoms with Gasteiger partial charge in [0.2, 0.25) is 5.88 Å². The van der Waals surface area contributed by atoms with Crippen molar-refractivity contribution in [2.75, 3.05) is 12.8 Å². The van der Waals surface area contributed by atoms with Gasteiger partial charge in [0.25, 0.3) is 0 Å². The van der Waals surface area contributed by atoms with Gasteiger partial charge in [0.15, 0.2) is 11.5 Å². The Morgan fingerprint density at radius 2 is 1.88 bits per heavy atom. The molecule has 0 atom stereocenters. The van der Waals surface area contributed by atoms with Crippen molar-refractivity contribution in [2.24, 2.45) is 0 Å². The average molecular weight is 230 g/mol. The summed E-state index contributed by atoms with van der Waals surface area (Å²) < 4.78 is 10.9. The number of methoxy groups -OCH3 is 1. The van der Waals surface area contributed by atoms with Gasteiger partial charge in [-0.15, -0.1) is 0 Å². The number of nitrogens with two attached hydrogens (primary N) is 1. The fourth-order valence-corrected chi connectivity index (χ4v) is 1.50. The number of anilines is 1. The molecule has 4 heteroatoms. The molecule has 88 valence electrons. The highest BCUT2D eigenvalue weighted by Crippen LogP contribution is 2.31. The molecule has 2 aromatic rings. The summed E-state index contributed by atoms with van der Waals surface area (Å²) in [5.74, 6) is 1.84. The molecule has 0 fully saturated rings. The molecule has 0 aliphatic rings. The molecule has 0 amide bonds. The lowest BCUT2D eigenvalue weighted by Crippen LogP contribution is -1.95. The smallest absolute Gasteiger partial charge is 0.222 e. The zero-order chi connectivity index (χ0) is 12.3. The van der Waals surface area contributed by atoms with E-state index in [9.17, 15) is 0 Å². The number of pyridine rings is 1. The molecule has 2 rings (SSSR count). The van der Waals surface area contributed by atoms with E-state index in [1.165, 1.54) is 0 Å². The Balaban J connectivity index is 2.31. The second kappa shape index (κ2) is 4.74. The van der Waals surface area contributed by atoms with Crippen molar-refractivity contribution in [1.29, 1.82) is 0 Å². The normalized spacial score (nSPS) is 10.0. The maximum Gasteiger partial charge on any atom is 0.222 e. The summed E-state index contributed by atoms with van der Waals surface area (Å²) in [5.41, 5.74) is 7.14. The lowest BCUT2D eigenvalue weighted by Gasteiger charge is -2.10. The number of para-hydroxylation sites is 2. The van der Waals surface area contributed by atoms with Crippen molar-refractivity contribution < 1.29 is 9.47 Å². The lowest BCUT2D eigenvalue weighted by atomic mass is 10.3. The molecule has 0 bridgehead atoms. The van der Waals surface area contributed by atoms with Gasteiger partial charge >= 0.3 is 0 Å². The van der Waals surface area contributed by atoms with Crippen LogP contribution in [0.25, 0.3) is 0 Å². The number of aryl methyl sites for hydroxylation is 1. The van der Waals surface area contributed by atoms with E-state index in [4.69, 9.17) is 15.2 Å². The number of nitrogen functional groups attached to an aromatic ring is 1. The van der Waals surface area contributed by atoms with Crippen LogP contribution in [0.5, 0.6) is 17.4 Å². The first kappa shape index (κ1) is 11.3. The molecule has 1 aromatic heterocycles. The van der Waals surface area contributed by atoms with Gasteiger partial charge in [-0.25, -0.2) is 4.98 Å². The fourth-order valence-electron chi connectivity index (χ4n) is 1.50. The maximum absolute atomic E-state index is 5.69. The summed E-state index contributed by atoms with van der Waals surface area (Å²) in [4.78, 5) is 4.15. The average Bonchev–Trinajstić information content (AvgIpc) is 2.33. The molecule has 0 aliphatic carbocycles. The Bertz CT molecular complexity index is 527. The number of nitrogens with zero attached hydrogens (tertiary/aromatic N) is 1. The SMILES string of the molecule is COc1ccccc1Oc1ncc(N)cc1C. The monoisotopic (exact) mass is 230 g/mol. The van der Waals surface area contributed by atoms with Crippen molar-refractivity contribution in [1.82, 2.24) is 4.98 Å². The van der Waals surface area contributed by atoms with E-state index < -0.39 is 0 Å². The minimum absolute atomic E-state index is 0.531. The largest absolute Gasteiger partial charge is 0.493 e. The number of benzene rings is 1. The predicted molar refractivity (Wildman–Crippen MR) is 66.5 cm³/mol. The van der Waals surface area contributed by atoms with Crippen LogP contribution in [0.15, 0.2) is 36.5 Å². The molecule has 17 heavy (non-hydrogen) atoms. The molecule has 0 unspecified atom stereocenters. The van der Waals surface area contributed by atoms with E-state index in [0.29, 0.717) is 23.1 Å². The third kappa shape index (κ3) is 2.47. The highest BCUT2D eigenvalue weighted by atomic mass is 16.5. The van der Waals surface area contributed by atoms with Crippen molar-refractivity contribution in [2.45, 2.75) is 6.92 Å². The van der Waals surface area contributed by atoms with Crippen molar-refractivity contribution in [3.63, 3.8) is 0 Å². The molecule has 0 spiro atoms. The first-order chi connectivity index (χ1) is 8.20. The van der Waals surface area contributed by atoms with Crippen LogP contribution in [-0.4, -0.2) is 12.1 Å². The van der Waals surface area contributed by atoms with Crippen LogP contribution in [0.4, 0.5) is 5.69 Å². The van der Waals surface area contributed by atoms with E-state index in [1.54, 1.807) is 13.3 Å². The van der Waals surface area contributed by atoms with Crippen LogP contribution in [0.2, 0.25) is 0 Å². The predicted octanol–water partition coefficient (Wildman–Crippen LogP) is 2.77. The van der Waals surface area contributed by atoms with Crippen molar-refractivity contribution in [3.05, 3.63) is 42.1 Å². The topological polar surface area (TPSA) is 57.4 Å². The van der Waals surface area contributed by atoms with Gasteiger partial charge in [-0.3, -0.25) is 0 Å². The summed E-state index contributed by atoms with van der Waals surface area (Å²) in [5, 5.41) is 0. The van der Waals surface area contributed by atoms with E-state index in [0.717, 1.165) is 5.56 Å². The second-order valence-electron chi connectivity index (χ2n) is 3.64. The minimum Gasteiger partial charge on any atom is -0.493 e. The van der Waals surface area contributed by atoms with E-state index in [1.807, 2.05) is 37.3 Å². The highest BCUT2D eigenvalue weighted by molar-refractivity contribution is 5.46. The standard InChI is InChI=1S/C13H14N2O2/c1-9-7-10(14)8-15-13(9)17-12-6-4-3-5-11(12)16-2/h3-8H,14H2,1-2H3. The molecule has 0 radical (unpaired) electrons. The summed E-state index contributed by atoms with van der Waals surface area (Å²) in [6, 6.07) is 9.25. The van der Waals surface area contributed by atoms with Crippen LogP contribution in [-0.2, 0) is 0 Å². The third-order valence-corrected chi connectivity index (χ3v) is 2.33. The number of aromatic nitrogens is 1. The Labute approximate surface area is 100 Å². The summed E-state index contributed by atoms with van der Waals surface area (Å²) in [6.45, 7) is 1.90. The van der Waals surface area contributed by atoms with Gasteiger partial charge in [0, 0.05) is 5.56 Å². The van der Waals surface area contributed by atoms with Gasteiger partial charge in [0.1, 0.15) is 0 Å². The molecule has 4 nitrogen and oxygen atoms in total. The highest BCUT2D eigenvalue weighted by Gasteiger charge is 2.07. The van der Waals surface area contributed by atoms with Crippen LogP contribution in [0.3, 0.4) is 0 Å². The first-order valence-electron chi connectivity index (χ1n) is 5.23. The van der Waals surface area contributed by atoms with E-state index in [-0.39, 0.29) is 0 Å². The van der Waals surface area contributed by atoms with Gasteiger partial charge in [0.05, 0.1) is 19.0 Å². The third-order valence-electron chi connectivity index (χ3n) is 2.33. The fraction of sp³-hybridized carbons (Fsp3) is 0.154. The van der Waals surface area contributed by atoms with Crippen LogP contribution in [0.1, 0.15) is 5.56 Å². The molecule has 0 saturated carbocycles. The number of rotatable bonds is 3. The Morgan fingerprint density at radius 1 is 1.18 bits per heavy atom. The number of hydrogen-bond donors (Lipinski definition) is 1. The van der Waals surface area contributed by atoms with Crippen LogP contribution < -0.4 is 15.2 Å². The Hall–Kier alpha value is -2.23. The lowest BCUT2D eigenvalue weighted by molar-refractivity contribution is 0.373. The van der Waals surface area contributed by atoms with Gasteiger partial charge in [-0.05, 0) is 25.1 Å². The Kier molecular flexibility index (Phi) is 3.14. The molecule has 1 aromatic carbocycles. The molecule has 0 aliphatic heterocycles. The number of ether oxygens (including phenoxy) is 2.